The van der Waals surface area contributed by atoms with Crippen molar-refractivity contribution in [1.82, 2.24) is 4.90 Å². The maximum atomic E-state index is 12.9. The quantitative estimate of drug-likeness (QED) is 0.456. The lowest BCUT2D eigenvalue weighted by atomic mass is 10.1. The van der Waals surface area contributed by atoms with Crippen molar-refractivity contribution >= 4 is 64.0 Å². The van der Waals surface area contributed by atoms with Gasteiger partial charge in [0.1, 0.15) is 0 Å². The third-order valence-electron chi connectivity index (χ3n) is 3.67. The summed E-state index contributed by atoms with van der Waals surface area (Å²) in [6.45, 7) is 3.73. The van der Waals surface area contributed by atoms with E-state index in [9.17, 15) is 9.59 Å². The van der Waals surface area contributed by atoms with Crippen molar-refractivity contribution in [2.24, 2.45) is 0 Å². The van der Waals surface area contributed by atoms with Crippen molar-refractivity contribution in [2.45, 2.75) is 4.90 Å². The summed E-state index contributed by atoms with van der Waals surface area (Å²) in [5.74, 6) is -0.786. The van der Waals surface area contributed by atoms with Crippen LogP contribution in [-0.2, 0) is 9.59 Å². The molecule has 0 aliphatic carbocycles. The molecule has 2 aromatic rings. The van der Waals surface area contributed by atoms with Gasteiger partial charge in [0.25, 0.3) is 11.8 Å². The van der Waals surface area contributed by atoms with E-state index in [-0.39, 0.29) is 18.0 Å². The van der Waals surface area contributed by atoms with Crippen molar-refractivity contribution in [3.8, 4) is 0 Å². The summed E-state index contributed by atoms with van der Waals surface area (Å²) in [7, 11) is 0. The second-order valence-corrected chi connectivity index (χ2v) is 7.76. The fourth-order valence-electron chi connectivity index (χ4n) is 2.49. The highest BCUT2D eigenvalue weighted by Gasteiger charge is 2.39. The number of carbonyl (C=O) groups excluding carboxylic acids is 2. The van der Waals surface area contributed by atoms with E-state index >= 15 is 0 Å². The van der Waals surface area contributed by atoms with Crippen LogP contribution < -0.4 is 0 Å². The number of nitrogens with zero attached hydrogens (tertiary/aromatic N) is 1. The molecule has 1 aliphatic heterocycles. The molecule has 2 amide bonds. The highest BCUT2D eigenvalue weighted by molar-refractivity contribution is 8.04. The predicted molar refractivity (Wildman–Crippen MR) is 108 cm³/mol. The Morgan fingerprint density at radius 3 is 2.23 bits per heavy atom. The second-order valence-electron chi connectivity index (χ2n) is 5.39. The van der Waals surface area contributed by atoms with Crippen LogP contribution in [0.2, 0.25) is 15.1 Å². The van der Waals surface area contributed by atoms with E-state index in [1.165, 1.54) is 17.8 Å². The number of rotatable bonds is 5. The lowest BCUT2D eigenvalue weighted by molar-refractivity contribution is -0.135. The van der Waals surface area contributed by atoms with E-state index in [1.807, 2.05) is 0 Å². The standard InChI is InChI=1S/C19H12Cl3NO2S/c1-2-9-23-18(24)16(14-8-5-12(21)10-15(14)22)17(19(23)25)26-13-6-3-11(20)4-7-13/h2-8,10H,1,9H2. The van der Waals surface area contributed by atoms with Crippen LogP contribution in [0.15, 0.2) is 64.9 Å². The summed E-state index contributed by atoms with van der Waals surface area (Å²) in [4.78, 5) is 27.9. The number of imide groups is 1. The van der Waals surface area contributed by atoms with Crippen LogP contribution >= 0.6 is 46.6 Å². The molecule has 2 aromatic carbocycles. The van der Waals surface area contributed by atoms with E-state index in [1.54, 1.807) is 42.5 Å². The Bertz CT molecular complexity index is 938. The minimum absolute atomic E-state index is 0.122. The summed E-state index contributed by atoms with van der Waals surface area (Å²) in [6, 6.07) is 11.8. The third-order valence-corrected chi connectivity index (χ3v) is 5.56. The average molecular weight is 425 g/mol. The summed E-state index contributed by atoms with van der Waals surface area (Å²) in [6.07, 6.45) is 1.51. The topological polar surface area (TPSA) is 37.4 Å². The van der Waals surface area contributed by atoms with Gasteiger partial charge in [-0.05, 0) is 36.4 Å². The molecule has 0 saturated carbocycles. The molecule has 1 aliphatic rings. The molecule has 0 N–H and O–H groups in total. The van der Waals surface area contributed by atoms with E-state index in [0.717, 1.165) is 9.80 Å². The maximum Gasteiger partial charge on any atom is 0.268 e. The second kappa shape index (κ2) is 7.89. The van der Waals surface area contributed by atoms with Crippen molar-refractivity contribution < 1.29 is 9.59 Å². The normalized spacial score (nSPS) is 14.3. The zero-order valence-corrected chi connectivity index (χ0v) is 16.4. The SMILES string of the molecule is C=CCN1C(=O)C(Sc2ccc(Cl)cc2)=C(c2ccc(Cl)cc2Cl)C1=O. The Hall–Kier alpha value is -1.72. The molecule has 0 spiro atoms. The van der Waals surface area contributed by atoms with Gasteiger partial charge in [-0.2, -0.15) is 0 Å². The fourth-order valence-corrected chi connectivity index (χ4v) is 4.13. The van der Waals surface area contributed by atoms with Crippen LogP contribution in [0, 0.1) is 0 Å². The number of thioether (sulfide) groups is 1. The molecule has 0 atom stereocenters. The van der Waals surface area contributed by atoms with Crippen molar-refractivity contribution in [2.75, 3.05) is 6.54 Å². The van der Waals surface area contributed by atoms with E-state index in [2.05, 4.69) is 6.58 Å². The molecule has 0 radical (unpaired) electrons. The summed E-state index contributed by atoms with van der Waals surface area (Å²) >= 11 is 19.4. The Kier molecular flexibility index (Phi) is 5.78. The van der Waals surface area contributed by atoms with Crippen LogP contribution in [0.1, 0.15) is 5.56 Å². The zero-order valence-electron chi connectivity index (χ0n) is 13.3. The molecule has 0 bridgehead atoms. The number of hydrogen-bond acceptors (Lipinski definition) is 3. The van der Waals surface area contributed by atoms with Gasteiger partial charge in [-0.25, -0.2) is 0 Å². The Morgan fingerprint density at radius 2 is 1.62 bits per heavy atom. The molecule has 0 aromatic heterocycles. The molecule has 3 nitrogen and oxygen atoms in total. The number of hydrogen-bond donors (Lipinski definition) is 0. The number of carbonyl (C=O) groups is 2. The van der Waals surface area contributed by atoms with E-state index in [4.69, 9.17) is 34.8 Å². The van der Waals surface area contributed by atoms with Crippen LogP contribution in [0.5, 0.6) is 0 Å². The van der Waals surface area contributed by atoms with Gasteiger partial charge in [-0.3, -0.25) is 14.5 Å². The van der Waals surface area contributed by atoms with Gasteiger partial charge in [-0.1, -0.05) is 58.7 Å². The number of benzene rings is 2. The molecule has 0 saturated heterocycles. The van der Waals surface area contributed by atoms with Gasteiger partial charge in [0.15, 0.2) is 0 Å². The van der Waals surface area contributed by atoms with Crippen molar-refractivity contribution in [3.63, 3.8) is 0 Å². The molecule has 0 fully saturated rings. The fraction of sp³-hybridized carbons (Fsp3) is 0.0526. The molecule has 0 unspecified atom stereocenters. The maximum absolute atomic E-state index is 12.9. The van der Waals surface area contributed by atoms with E-state index < -0.39 is 5.91 Å². The minimum atomic E-state index is -0.407. The number of halogens is 3. The molecule has 26 heavy (non-hydrogen) atoms. The minimum Gasteiger partial charge on any atom is -0.270 e. The summed E-state index contributed by atoms with van der Waals surface area (Å²) < 4.78 is 0. The van der Waals surface area contributed by atoms with Gasteiger partial charge >= 0.3 is 0 Å². The highest BCUT2D eigenvalue weighted by atomic mass is 35.5. The van der Waals surface area contributed by atoms with Gasteiger partial charge in [0, 0.05) is 27.0 Å². The van der Waals surface area contributed by atoms with Gasteiger partial charge < -0.3 is 0 Å². The average Bonchev–Trinajstić information content (AvgIpc) is 2.82. The van der Waals surface area contributed by atoms with Gasteiger partial charge in [-0.15, -0.1) is 6.58 Å². The van der Waals surface area contributed by atoms with Gasteiger partial charge in [0.2, 0.25) is 0 Å². The zero-order chi connectivity index (χ0) is 18.8. The highest BCUT2D eigenvalue weighted by Crippen LogP contribution is 2.42. The van der Waals surface area contributed by atoms with Crippen LogP contribution in [0.25, 0.3) is 5.57 Å². The summed E-state index contributed by atoms with van der Waals surface area (Å²) in [5, 5.41) is 1.35. The van der Waals surface area contributed by atoms with E-state index in [0.29, 0.717) is 25.5 Å². The monoisotopic (exact) mass is 423 g/mol. The van der Waals surface area contributed by atoms with Crippen LogP contribution in [-0.4, -0.2) is 23.3 Å². The Morgan fingerprint density at radius 1 is 0.962 bits per heavy atom. The van der Waals surface area contributed by atoms with Crippen molar-refractivity contribution in [3.05, 3.63) is 80.7 Å². The lowest BCUT2D eigenvalue weighted by Crippen LogP contribution is -2.31. The molecule has 3 rings (SSSR count). The first-order valence-corrected chi connectivity index (χ1v) is 9.47. The van der Waals surface area contributed by atoms with Crippen LogP contribution in [0.4, 0.5) is 0 Å². The first-order chi connectivity index (χ1) is 12.4. The summed E-state index contributed by atoms with van der Waals surface area (Å²) in [5.41, 5.74) is 0.732. The van der Waals surface area contributed by atoms with Gasteiger partial charge in [0.05, 0.1) is 15.5 Å². The van der Waals surface area contributed by atoms with Crippen LogP contribution in [0.3, 0.4) is 0 Å². The largest absolute Gasteiger partial charge is 0.270 e. The third kappa shape index (κ3) is 3.69. The lowest BCUT2D eigenvalue weighted by Gasteiger charge is -2.12. The molecular formula is C19H12Cl3NO2S. The molecular weight excluding hydrogens is 413 g/mol. The number of amides is 2. The Balaban J connectivity index is 2.12. The Labute approximate surface area is 170 Å². The van der Waals surface area contributed by atoms with Crippen molar-refractivity contribution in [1.29, 1.82) is 0 Å². The molecule has 7 heteroatoms. The molecule has 1 heterocycles. The molecule has 132 valence electrons. The first kappa shape index (κ1) is 19.1. The predicted octanol–water partition coefficient (Wildman–Crippen LogP) is 5.71. The first-order valence-electron chi connectivity index (χ1n) is 7.52. The smallest absolute Gasteiger partial charge is 0.268 e.